The molecule has 7 nitrogen and oxygen atoms in total. The van der Waals surface area contributed by atoms with Crippen molar-refractivity contribution >= 4 is 46.2 Å². The number of halogens is 1. The number of nitrogens with one attached hydrogen (secondary N) is 2. The van der Waals surface area contributed by atoms with Gasteiger partial charge < -0.3 is 10.1 Å². The molecule has 0 aliphatic rings. The lowest BCUT2D eigenvalue weighted by Gasteiger charge is -2.12. The van der Waals surface area contributed by atoms with E-state index in [0.29, 0.717) is 16.3 Å². The zero-order chi connectivity index (χ0) is 17.7. The largest absolute Gasteiger partial charge is 0.494 e. The highest BCUT2D eigenvalue weighted by molar-refractivity contribution is 7.80. The maximum absolute atomic E-state index is 12.1. The van der Waals surface area contributed by atoms with Crippen molar-refractivity contribution in [3.8, 4) is 5.75 Å². The first-order valence-corrected chi connectivity index (χ1v) is 7.39. The molecule has 2 aromatic carbocycles. The molecule has 0 saturated heterocycles. The van der Waals surface area contributed by atoms with Gasteiger partial charge in [-0.05, 0) is 36.5 Å². The maximum Gasteiger partial charge on any atom is 0.273 e. The minimum atomic E-state index is -0.536. The Bertz CT molecular complexity index is 813. The number of hydrogen-bond acceptors (Lipinski definition) is 5. The number of benzene rings is 2. The molecule has 0 aliphatic heterocycles. The first kappa shape index (κ1) is 17.6. The summed E-state index contributed by atoms with van der Waals surface area (Å²) in [6.45, 7) is 0. The van der Waals surface area contributed by atoms with E-state index in [1.54, 1.807) is 18.2 Å². The predicted octanol–water partition coefficient (Wildman–Crippen LogP) is 3.38. The Labute approximate surface area is 147 Å². The summed E-state index contributed by atoms with van der Waals surface area (Å²) in [4.78, 5) is 22.3. The molecule has 0 fully saturated rings. The smallest absolute Gasteiger partial charge is 0.273 e. The number of amides is 1. The molecule has 0 bridgehead atoms. The third-order valence-electron chi connectivity index (χ3n) is 2.96. The highest BCUT2D eigenvalue weighted by Gasteiger charge is 2.14. The van der Waals surface area contributed by atoms with E-state index in [1.807, 2.05) is 0 Å². The normalized spacial score (nSPS) is 9.92. The summed E-state index contributed by atoms with van der Waals surface area (Å²) < 4.78 is 5.09. The Kier molecular flexibility index (Phi) is 5.67. The predicted molar refractivity (Wildman–Crippen MR) is 94.8 cm³/mol. The van der Waals surface area contributed by atoms with Crippen LogP contribution in [0.4, 0.5) is 11.4 Å². The van der Waals surface area contributed by atoms with Gasteiger partial charge in [0.15, 0.2) is 5.11 Å². The maximum atomic E-state index is 12.1. The van der Waals surface area contributed by atoms with Gasteiger partial charge >= 0.3 is 0 Å². The Hall–Kier alpha value is -2.71. The molecule has 0 aromatic heterocycles. The molecule has 0 aliphatic carbocycles. The second kappa shape index (κ2) is 7.71. The van der Waals surface area contributed by atoms with Crippen LogP contribution < -0.4 is 15.4 Å². The van der Waals surface area contributed by atoms with E-state index in [4.69, 9.17) is 28.6 Å². The van der Waals surface area contributed by atoms with Gasteiger partial charge in [0.25, 0.3) is 11.6 Å². The SMILES string of the molecule is COc1cc([N+](=O)[O-])ccc1NC(=S)NC(=O)c1cccc(Cl)c1. The summed E-state index contributed by atoms with van der Waals surface area (Å²) in [7, 11) is 1.37. The molecule has 24 heavy (non-hydrogen) atoms. The van der Waals surface area contributed by atoms with E-state index >= 15 is 0 Å². The minimum Gasteiger partial charge on any atom is -0.494 e. The summed E-state index contributed by atoms with van der Waals surface area (Å²) in [5, 5.41) is 16.5. The van der Waals surface area contributed by atoms with Crippen LogP contribution in [0.3, 0.4) is 0 Å². The number of thiocarbonyl (C=S) groups is 1. The number of rotatable bonds is 4. The highest BCUT2D eigenvalue weighted by Crippen LogP contribution is 2.28. The number of methoxy groups -OCH3 is 1. The van der Waals surface area contributed by atoms with Gasteiger partial charge in [0, 0.05) is 16.7 Å². The van der Waals surface area contributed by atoms with Crippen LogP contribution in [0.15, 0.2) is 42.5 Å². The minimum absolute atomic E-state index is 0.0205. The van der Waals surface area contributed by atoms with E-state index in [1.165, 1.54) is 31.4 Å². The van der Waals surface area contributed by atoms with Gasteiger partial charge in [0.1, 0.15) is 5.75 Å². The third kappa shape index (κ3) is 4.40. The Morgan fingerprint density at radius 2 is 2.04 bits per heavy atom. The van der Waals surface area contributed by atoms with Crippen molar-refractivity contribution < 1.29 is 14.5 Å². The molecular formula is C15H12ClN3O4S. The first-order chi connectivity index (χ1) is 11.4. The van der Waals surface area contributed by atoms with Gasteiger partial charge in [-0.25, -0.2) is 0 Å². The van der Waals surface area contributed by atoms with Crippen LogP contribution in [0.2, 0.25) is 5.02 Å². The number of nitro benzene ring substituents is 1. The lowest BCUT2D eigenvalue weighted by atomic mass is 10.2. The molecule has 2 rings (SSSR count). The van der Waals surface area contributed by atoms with Gasteiger partial charge in [-0.2, -0.15) is 0 Å². The van der Waals surface area contributed by atoms with Gasteiger partial charge in [0.2, 0.25) is 0 Å². The van der Waals surface area contributed by atoms with Gasteiger partial charge in [-0.3, -0.25) is 20.2 Å². The second-order valence-corrected chi connectivity index (χ2v) is 5.40. The standard InChI is InChI=1S/C15H12ClN3O4S/c1-23-13-8-11(19(21)22)5-6-12(13)17-15(24)18-14(20)9-3-2-4-10(16)7-9/h2-8H,1H3,(H2,17,18,20,24). The number of nitro groups is 1. The Balaban J connectivity index is 2.09. The molecule has 0 spiro atoms. The Morgan fingerprint density at radius 3 is 2.67 bits per heavy atom. The van der Waals surface area contributed by atoms with E-state index < -0.39 is 10.8 Å². The second-order valence-electron chi connectivity index (χ2n) is 4.56. The molecule has 0 radical (unpaired) electrons. The number of carbonyl (C=O) groups is 1. The molecule has 124 valence electrons. The van der Waals surface area contributed by atoms with Crippen molar-refractivity contribution in [1.82, 2.24) is 5.32 Å². The average Bonchev–Trinajstić information content (AvgIpc) is 2.54. The lowest BCUT2D eigenvalue weighted by Crippen LogP contribution is -2.34. The molecule has 0 atom stereocenters. The average molecular weight is 366 g/mol. The van der Waals surface area contributed by atoms with E-state index in [9.17, 15) is 14.9 Å². The topological polar surface area (TPSA) is 93.5 Å². The van der Waals surface area contributed by atoms with Crippen molar-refractivity contribution in [1.29, 1.82) is 0 Å². The fourth-order valence-electron chi connectivity index (χ4n) is 1.86. The van der Waals surface area contributed by atoms with E-state index in [2.05, 4.69) is 10.6 Å². The molecule has 9 heteroatoms. The molecule has 0 saturated carbocycles. The molecular weight excluding hydrogens is 354 g/mol. The van der Waals surface area contributed by atoms with Crippen LogP contribution in [0.25, 0.3) is 0 Å². The monoisotopic (exact) mass is 365 g/mol. The number of nitrogens with zero attached hydrogens (tertiary/aromatic N) is 1. The van der Waals surface area contributed by atoms with Crippen LogP contribution >= 0.6 is 23.8 Å². The third-order valence-corrected chi connectivity index (χ3v) is 3.40. The first-order valence-electron chi connectivity index (χ1n) is 6.61. The van der Waals surface area contributed by atoms with Gasteiger partial charge in [-0.15, -0.1) is 0 Å². The summed E-state index contributed by atoms with van der Waals surface area (Å²) in [5.74, 6) is -0.209. The number of ether oxygens (including phenoxy) is 1. The van der Waals surface area contributed by atoms with Crippen molar-refractivity contribution in [2.24, 2.45) is 0 Å². The molecule has 0 unspecified atom stereocenters. The zero-order valence-corrected chi connectivity index (χ0v) is 14.0. The molecule has 1 amide bonds. The van der Waals surface area contributed by atoms with Crippen LogP contribution in [0, 0.1) is 10.1 Å². The summed E-state index contributed by atoms with van der Waals surface area (Å²) in [5.41, 5.74) is 0.619. The van der Waals surface area contributed by atoms with Crippen LogP contribution in [0.1, 0.15) is 10.4 Å². The zero-order valence-electron chi connectivity index (χ0n) is 12.4. The highest BCUT2D eigenvalue weighted by atomic mass is 35.5. The Morgan fingerprint density at radius 1 is 1.29 bits per heavy atom. The van der Waals surface area contributed by atoms with Crippen LogP contribution in [-0.2, 0) is 0 Å². The molecule has 2 aromatic rings. The van der Waals surface area contributed by atoms with Gasteiger partial charge in [-0.1, -0.05) is 17.7 Å². The lowest BCUT2D eigenvalue weighted by molar-refractivity contribution is -0.384. The van der Waals surface area contributed by atoms with Crippen LogP contribution in [-0.4, -0.2) is 23.1 Å². The summed E-state index contributed by atoms with van der Waals surface area (Å²) in [6, 6.07) is 10.4. The van der Waals surface area contributed by atoms with Crippen LogP contribution in [0.5, 0.6) is 5.75 Å². The fourth-order valence-corrected chi connectivity index (χ4v) is 2.25. The molecule has 2 N–H and O–H groups in total. The van der Waals surface area contributed by atoms with Crippen molar-refractivity contribution in [2.45, 2.75) is 0 Å². The van der Waals surface area contributed by atoms with Crippen molar-refractivity contribution in [3.05, 3.63) is 63.2 Å². The quantitative estimate of drug-likeness (QED) is 0.490. The summed E-state index contributed by atoms with van der Waals surface area (Å²) in [6.07, 6.45) is 0. The van der Waals surface area contributed by atoms with E-state index in [-0.39, 0.29) is 16.5 Å². The number of anilines is 1. The van der Waals surface area contributed by atoms with Gasteiger partial charge in [0.05, 0.1) is 23.8 Å². The fraction of sp³-hybridized carbons (Fsp3) is 0.0667. The summed E-state index contributed by atoms with van der Waals surface area (Å²) >= 11 is 10.9. The molecule has 0 heterocycles. The number of carbonyl (C=O) groups excluding carboxylic acids is 1. The number of non-ortho nitro benzene ring substituents is 1. The number of hydrogen-bond donors (Lipinski definition) is 2. The van der Waals surface area contributed by atoms with Crippen molar-refractivity contribution in [2.75, 3.05) is 12.4 Å². The van der Waals surface area contributed by atoms with E-state index in [0.717, 1.165) is 0 Å². The van der Waals surface area contributed by atoms with Crippen molar-refractivity contribution in [3.63, 3.8) is 0 Å².